The molecule has 7 heteroatoms. The molecule has 4 rings (SSSR count). The maximum Gasteiger partial charge on any atom is 0.293 e. The van der Waals surface area contributed by atoms with Crippen LogP contribution in [0.1, 0.15) is 44.6 Å². The molecular formula is C23H28ClN3O3. The Hall–Kier alpha value is -2.31. The Morgan fingerprint density at radius 1 is 1.30 bits per heavy atom. The fourth-order valence-corrected chi connectivity index (χ4v) is 4.48. The van der Waals surface area contributed by atoms with E-state index in [0.29, 0.717) is 17.5 Å². The molecule has 1 saturated carbocycles. The summed E-state index contributed by atoms with van der Waals surface area (Å²) in [5, 5.41) is 4.21. The lowest BCUT2D eigenvalue weighted by molar-refractivity contribution is -0.155. The fourth-order valence-electron chi connectivity index (χ4n) is 4.36. The van der Waals surface area contributed by atoms with E-state index in [0.717, 1.165) is 74.6 Å². The van der Waals surface area contributed by atoms with Crippen molar-refractivity contribution in [3.8, 4) is 0 Å². The highest BCUT2D eigenvalue weighted by Gasteiger charge is 2.42. The number of aromatic nitrogens is 1. The lowest BCUT2D eigenvalue weighted by atomic mass is 9.75. The van der Waals surface area contributed by atoms with E-state index < -0.39 is 5.60 Å². The molecule has 6 nitrogen and oxygen atoms in total. The van der Waals surface area contributed by atoms with Crippen LogP contribution in [-0.2, 0) is 19.9 Å². The van der Waals surface area contributed by atoms with Crippen molar-refractivity contribution in [1.82, 2.24) is 4.98 Å². The molecule has 0 radical (unpaired) electrons. The first kappa shape index (κ1) is 20.9. The first-order valence-electron chi connectivity index (χ1n) is 10.6. The number of pyridine rings is 1. The summed E-state index contributed by atoms with van der Waals surface area (Å²) in [6.07, 6.45) is 6.52. The zero-order valence-corrected chi connectivity index (χ0v) is 18.0. The normalized spacial score (nSPS) is 18.3. The van der Waals surface area contributed by atoms with Crippen molar-refractivity contribution in [2.24, 2.45) is 0 Å². The van der Waals surface area contributed by atoms with Gasteiger partial charge in [0.25, 0.3) is 6.47 Å². The standard InChI is InChI=1S/C23H28ClN3O3/c1-2-27(20-8-12-29-13-9-20)22-21(26-19-6-4-18(24)5-7-19)14-17(15-25-22)23(30-16-28)10-3-11-23/h4-7,14-16,20,26H,2-3,8-13H2,1H3. The van der Waals surface area contributed by atoms with Crippen molar-refractivity contribution in [3.63, 3.8) is 0 Å². The van der Waals surface area contributed by atoms with E-state index >= 15 is 0 Å². The molecule has 0 spiro atoms. The van der Waals surface area contributed by atoms with Crippen LogP contribution < -0.4 is 10.2 Å². The van der Waals surface area contributed by atoms with Gasteiger partial charge in [0.05, 0.1) is 5.69 Å². The third kappa shape index (κ3) is 4.25. The predicted molar refractivity (Wildman–Crippen MR) is 119 cm³/mol. The number of benzene rings is 1. The molecule has 2 heterocycles. The van der Waals surface area contributed by atoms with E-state index in [-0.39, 0.29) is 0 Å². The summed E-state index contributed by atoms with van der Waals surface area (Å²) in [4.78, 5) is 18.3. The average molecular weight is 430 g/mol. The van der Waals surface area contributed by atoms with Crippen LogP contribution >= 0.6 is 11.6 Å². The van der Waals surface area contributed by atoms with E-state index in [1.165, 1.54) is 0 Å². The molecule has 0 atom stereocenters. The third-order valence-corrected chi connectivity index (χ3v) is 6.45. The van der Waals surface area contributed by atoms with Gasteiger partial charge in [-0.25, -0.2) is 4.98 Å². The van der Waals surface area contributed by atoms with E-state index in [4.69, 9.17) is 26.1 Å². The summed E-state index contributed by atoms with van der Waals surface area (Å²) >= 11 is 6.06. The highest BCUT2D eigenvalue weighted by atomic mass is 35.5. The quantitative estimate of drug-likeness (QED) is 0.593. The molecule has 2 fully saturated rings. The lowest BCUT2D eigenvalue weighted by Crippen LogP contribution is -2.41. The smallest absolute Gasteiger partial charge is 0.293 e. The number of carbonyl (C=O) groups excluding carboxylic acids is 1. The highest BCUT2D eigenvalue weighted by Crippen LogP contribution is 2.46. The average Bonchev–Trinajstić information content (AvgIpc) is 2.75. The van der Waals surface area contributed by atoms with Gasteiger partial charge in [-0.2, -0.15) is 0 Å². The van der Waals surface area contributed by atoms with Crippen LogP contribution in [0.3, 0.4) is 0 Å². The van der Waals surface area contributed by atoms with Crippen molar-refractivity contribution in [3.05, 3.63) is 47.1 Å². The summed E-state index contributed by atoms with van der Waals surface area (Å²) in [5.41, 5.74) is 2.22. The van der Waals surface area contributed by atoms with Gasteiger partial charge in [-0.15, -0.1) is 0 Å². The fraction of sp³-hybridized carbons (Fsp3) is 0.478. The van der Waals surface area contributed by atoms with Crippen molar-refractivity contribution < 1.29 is 14.3 Å². The van der Waals surface area contributed by atoms with Gasteiger partial charge in [0.15, 0.2) is 5.82 Å². The molecule has 1 aromatic heterocycles. The number of hydrogen-bond acceptors (Lipinski definition) is 6. The summed E-state index contributed by atoms with van der Waals surface area (Å²) in [7, 11) is 0. The molecule has 2 aromatic rings. The lowest BCUT2D eigenvalue weighted by Gasteiger charge is -2.41. The van der Waals surface area contributed by atoms with Gasteiger partial charge in [0, 0.05) is 48.3 Å². The second kappa shape index (κ2) is 9.23. The summed E-state index contributed by atoms with van der Waals surface area (Å²) in [5.74, 6) is 0.906. The van der Waals surface area contributed by atoms with E-state index in [1.807, 2.05) is 30.5 Å². The Bertz CT molecular complexity index is 864. The van der Waals surface area contributed by atoms with Gasteiger partial charge in [-0.1, -0.05) is 11.6 Å². The first-order valence-corrected chi connectivity index (χ1v) is 11.0. The van der Waals surface area contributed by atoms with Crippen LogP contribution in [0.4, 0.5) is 17.2 Å². The zero-order valence-electron chi connectivity index (χ0n) is 17.3. The Morgan fingerprint density at radius 2 is 2.03 bits per heavy atom. The van der Waals surface area contributed by atoms with E-state index in [1.54, 1.807) is 0 Å². The maximum absolute atomic E-state index is 11.1. The number of rotatable bonds is 8. The number of halogens is 1. The minimum absolute atomic E-state index is 0.386. The first-order chi connectivity index (χ1) is 14.6. The minimum atomic E-state index is -0.556. The maximum atomic E-state index is 11.1. The van der Waals surface area contributed by atoms with Gasteiger partial charge in [-0.3, -0.25) is 4.79 Å². The van der Waals surface area contributed by atoms with Crippen LogP contribution in [-0.4, -0.2) is 37.3 Å². The number of anilines is 3. The second-order valence-corrected chi connectivity index (χ2v) is 8.35. The highest BCUT2D eigenvalue weighted by molar-refractivity contribution is 6.30. The molecule has 30 heavy (non-hydrogen) atoms. The molecule has 2 aliphatic rings. The van der Waals surface area contributed by atoms with Gasteiger partial charge in [0.2, 0.25) is 0 Å². The molecule has 1 aliphatic heterocycles. The Morgan fingerprint density at radius 3 is 2.63 bits per heavy atom. The SMILES string of the molecule is CCN(c1ncc(C2(OC=O)CCC2)cc1Nc1ccc(Cl)cc1)C1CCOCC1. The van der Waals surface area contributed by atoms with Crippen molar-refractivity contribution in [1.29, 1.82) is 0 Å². The molecule has 1 aliphatic carbocycles. The Labute approximate surface area is 182 Å². The van der Waals surface area contributed by atoms with Crippen LogP contribution in [0.15, 0.2) is 36.5 Å². The number of carbonyl (C=O) groups is 1. The van der Waals surface area contributed by atoms with Crippen molar-refractivity contribution in [2.45, 2.75) is 50.7 Å². The predicted octanol–water partition coefficient (Wildman–Crippen LogP) is 5.04. The monoisotopic (exact) mass is 429 g/mol. The van der Waals surface area contributed by atoms with Crippen LogP contribution in [0.5, 0.6) is 0 Å². The van der Waals surface area contributed by atoms with Crippen molar-refractivity contribution >= 4 is 35.3 Å². The van der Waals surface area contributed by atoms with E-state index in [2.05, 4.69) is 23.2 Å². The largest absolute Gasteiger partial charge is 0.456 e. The Kier molecular flexibility index (Phi) is 6.44. The number of ether oxygens (including phenoxy) is 2. The summed E-state index contributed by atoms with van der Waals surface area (Å²) in [6.45, 7) is 5.10. The topological polar surface area (TPSA) is 63.7 Å². The van der Waals surface area contributed by atoms with Gasteiger partial charge in [0.1, 0.15) is 5.60 Å². The number of hydrogen-bond donors (Lipinski definition) is 1. The molecule has 160 valence electrons. The summed E-state index contributed by atoms with van der Waals surface area (Å²) < 4.78 is 11.1. The van der Waals surface area contributed by atoms with Gasteiger partial charge < -0.3 is 19.7 Å². The van der Waals surface area contributed by atoms with Crippen LogP contribution in [0.2, 0.25) is 5.02 Å². The molecule has 1 aromatic carbocycles. The Balaban J connectivity index is 1.72. The zero-order chi connectivity index (χ0) is 21.0. The molecule has 0 amide bonds. The number of nitrogens with one attached hydrogen (secondary N) is 1. The van der Waals surface area contributed by atoms with Gasteiger partial charge >= 0.3 is 0 Å². The van der Waals surface area contributed by atoms with Crippen LogP contribution in [0, 0.1) is 0 Å². The molecule has 1 N–H and O–H groups in total. The molecule has 1 saturated heterocycles. The van der Waals surface area contributed by atoms with Crippen molar-refractivity contribution in [2.75, 3.05) is 30.0 Å². The molecular weight excluding hydrogens is 402 g/mol. The summed E-state index contributed by atoms with van der Waals surface area (Å²) in [6, 6.07) is 10.1. The minimum Gasteiger partial charge on any atom is -0.456 e. The molecule has 0 unspecified atom stereocenters. The number of nitrogens with zero attached hydrogens (tertiary/aromatic N) is 2. The second-order valence-electron chi connectivity index (χ2n) is 7.92. The molecule has 0 bridgehead atoms. The van der Waals surface area contributed by atoms with Crippen LogP contribution in [0.25, 0.3) is 0 Å². The third-order valence-electron chi connectivity index (χ3n) is 6.20. The van der Waals surface area contributed by atoms with Gasteiger partial charge in [-0.05, 0) is 69.4 Å². The van der Waals surface area contributed by atoms with E-state index in [9.17, 15) is 4.79 Å².